The Balaban J connectivity index is 1.49. The van der Waals surface area contributed by atoms with E-state index in [0.29, 0.717) is 6.61 Å². The van der Waals surface area contributed by atoms with E-state index in [9.17, 15) is 0 Å². The average molecular weight is 462 g/mol. The Labute approximate surface area is 199 Å². The van der Waals surface area contributed by atoms with E-state index in [-0.39, 0.29) is 28.7 Å². The summed E-state index contributed by atoms with van der Waals surface area (Å²) < 4.78 is 24.0. The molecule has 0 radical (unpaired) electrons. The highest BCUT2D eigenvalue weighted by Gasteiger charge is 2.59. The molecule has 1 aromatic carbocycles. The van der Waals surface area contributed by atoms with Crippen molar-refractivity contribution in [2.45, 2.75) is 103 Å². The maximum absolute atomic E-state index is 6.77. The molecule has 0 N–H and O–H groups in total. The number of piperidine rings is 1. The quantitative estimate of drug-likeness (QED) is 0.466. The molecule has 0 amide bonds. The zero-order valence-electron chi connectivity index (χ0n) is 21.6. The van der Waals surface area contributed by atoms with Crippen LogP contribution in [-0.2, 0) is 19.0 Å². The molecule has 3 aliphatic heterocycles. The summed E-state index contributed by atoms with van der Waals surface area (Å²) in [5.41, 5.74) is 0.785. The van der Waals surface area contributed by atoms with Crippen molar-refractivity contribution in [2.24, 2.45) is 5.41 Å². The van der Waals surface area contributed by atoms with Crippen molar-refractivity contribution in [3.63, 3.8) is 0 Å². The first-order chi connectivity index (χ1) is 15.5. The van der Waals surface area contributed by atoms with Crippen LogP contribution in [0.5, 0.6) is 5.75 Å². The van der Waals surface area contributed by atoms with E-state index in [1.165, 1.54) is 0 Å². The molecule has 3 saturated heterocycles. The summed E-state index contributed by atoms with van der Waals surface area (Å²) in [4.78, 5) is 6.77. The van der Waals surface area contributed by atoms with E-state index in [0.717, 1.165) is 56.8 Å². The van der Waals surface area contributed by atoms with Gasteiger partial charge in [-0.2, -0.15) is 5.06 Å². The van der Waals surface area contributed by atoms with Crippen molar-refractivity contribution in [1.82, 2.24) is 5.06 Å². The molecule has 0 bridgehead atoms. The molecule has 186 valence electrons. The van der Waals surface area contributed by atoms with E-state index in [2.05, 4.69) is 65.7 Å². The molecule has 0 aliphatic carbocycles. The number of epoxide rings is 1. The molecule has 3 aliphatic rings. The van der Waals surface area contributed by atoms with Crippen LogP contribution in [0.3, 0.4) is 0 Å². The maximum atomic E-state index is 6.77. The van der Waals surface area contributed by atoms with Crippen LogP contribution >= 0.6 is 0 Å². The zero-order chi connectivity index (χ0) is 23.9. The van der Waals surface area contributed by atoms with Gasteiger partial charge in [0.15, 0.2) is 5.79 Å². The number of rotatable bonds is 8. The van der Waals surface area contributed by atoms with Gasteiger partial charge in [-0.15, -0.1) is 0 Å². The largest absolute Gasteiger partial charge is 0.491 e. The first-order valence-corrected chi connectivity index (χ1v) is 12.6. The smallest absolute Gasteiger partial charge is 0.172 e. The second-order valence-corrected chi connectivity index (χ2v) is 11.6. The summed E-state index contributed by atoms with van der Waals surface area (Å²) in [6.45, 7) is 18.4. The van der Waals surface area contributed by atoms with Gasteiger partial charge in [-0.05, 0) is 51.3 Å². The Morgan fingerprint density at radius 1 is 1.00 bits per heavy atom. The number of hydrogen-bond donors (Lipinski definition) is 0. The summed E-state index contributed by atoms with van der Waals surface area (Å²) in [5.74, 6) is 0.325. The van der Waals surface area contributed by atoms with E-state index in [4.69, 9.17) is 23.8 Å². The fourth-order valence-electron chi connectivity index (χ4n) is 5.40. The Bertz CT molecular complexity index is 787. The van der Waals surface area contributed by atoms with E-state index in [1.54, 1.807) is 0 Å². The minimum atomic E-state index is -0.543. The fraction of sp³-hybridized carbons (Fsp3) is 0.778. The van der Waals surface area contributed by atoms with Crippen molar-refractivity contribution in [3.8, 4) is 5.75 Å². The third-order valence-electron chi connectivity index (χ3n) is 7.50. The van der Waals surface area contributed by atoms with Crippen molar-refractivity contribution in [1.29, 1.82) is 0 Å². The molecule has 1 aromatic rings. The van der Waals surface area contributed by atoms with Crippen molar-refractivity contribution in [2.75, 3.05) is 26.4 Å². The molecule has 4 rings (SSSR count). The molecular weight excluding hydrogens is 418 g/mol. The first kappa shape index (κ1) is 24.9. The van der Waals surface area contributed by atoms with E-state index >= 15 is 0 Å². The van der Waals surface area contributed by atoms with Gasteiger partial charge in [-0.25, -0.2) is 0 Å². The molecule has 1 spiro atoms. The number of nitrogens with zero attached hydrogens (tertiary/aromatic N) is 1. The highest BCUT2D eigenvalue weighted by molar-refractivity contribution is 5.28. The van der Waals surface area contributed by atoms with Gasteiger partial charge < -0.3 is 18.9 Å². The fourth-order valence-corrected chi connectivity index (χ4v) is 5.40. The summed E-state index contributed by atoms with van der Waals surface area (Å²) in [5, 5.41) is 2.28. The molecule has 3 fully saturated rings. The summed E-state index contributed by atoms with van der Waals surface area (Å²) >= 11 is 0. The topological polar surface area (TPSA) is 52.7 Å². The van der Waals surface area contributed by atoms with Crippen molar-refractivity contribution in [3.05, 3.63) is 29.8 Å². The minimum absolute atomic E-state index is 0.0557. The minimum Gasteiger partial charge on any atom is -0.491 e. The highest BCUT2D eigenvalue weighted by Crippen LogP contribution is 2.52. The van der Waals surface area contributed by atoms with Crippen molar-refractivity contribution >= 4 is 0 Å². The Morgan fingerprint density at radius 2 is 1.61 bits per heavy atom. The van der Waals surface area contributed by atoms with Crippen LogP contribution in [0.2, 0.25) is 0 Å². The standard InChI is InChI=1S/C27H43NO5/c1-8-26(9-2)17-27(31-18-24(4,5)19-32-27)16-25(6,7)28(26)33-20(3)21-10-12-22(13-11-21)29-14-23-15-30-23/h10-13,20,23H,8-9,14-19H2,1-7H3. The predicted octanol–water partition coefficient (Wildman–Crippen LogP) is 5.66. The molecule has 3 heterocycles. The lowest BCUT2D eigenvalue weighted by Crippen LogP contribution is -2.69. The van der Waals surface area contributed by atoms with Gasteiger partial charge in [0, 0.05) is 23.8 Å². The van der Waals surface area contributed by atoms with Gasteiger partial charge in [0.2, 0.25) is 0 Å². The summed E-state index contributed by atoms with van der Waals surface area (Å²) in [6.07, 6.45) is 3.70. The summed E-state index contributed by atoms with van der Waals surface area (Å²) in [6, 6.07) is 8.24. The van der Waals surface area contributed by atoms with Gasteiger partial charge >= 0.3 is 0 Å². The van der Waals surface area contributed by atoms with Crippen LogP contribution in [0.25, 0.3) is 0 Å². The number of hydroxylamine groups is 2. The third-order valence-corrected chi connectivity index (χ3v) is 7.50. The van der Waals surface area contributed by atoms with Gasteiger partial charge in [0.25, 0.3) is 0 Å². The van der Waals surface area contributed by atoms with Crippen LogP contribution in [-0.4, -0.2) is 54.5 Å². The lowest BCUT2D eigenvalue weighted by atomic mass is 9.72. The number of ether oxygens (including phenoxy) is 4. The first-order valence-electron chi connectivity index (χ1n) is 12.6. The number of hydrogen-bond acceptors (Lipinski definition) is 6. The molecule has 6 nitrogen and oxygen atoms in total. The Kier molecular flexibility index (Phi) is 6.89. The predicted molar refractivity (Wildman–Crippen MR) is 128 cm³/mol. The summed E-state index contributed by atoms with van der Waals surface area (Å²) in [7, 11) is 0. The molecule has 2 atom stereocenters. The molecule has 0 saturated carbocycles. The third kappa shape index (κ3) is 5.40. The van der Waals surface area contributed by atoms with Gasteiger partial charge in [-0.1, -0.05) is 39.8 Å². The van der Waals surface area contributed by atoms with Gasteiger partial charge in [0.05, 0.1) is 25.4 Å². The second-order valence-electron chi connectivity index (χ2n) is 11.6. The average Bonchev–Trinajstić information content (AvgIpc) is 3.61. The molecular formula is C27H43NO5. The SMILES string of the molecule is CCC1(CC)CC2(CC(C)(C)N1OC(C)c1ccc(OCC3CO3)cc1)OCC(C)(C)CO2. The molecule has 33 heavy (non-hydrogen) atoms. The van der Waals surface area contributed by atoms with Gasteiger partial charge in [0.1, 0.15) is 24.6 Å². The van der Waals surface area contributed by atoms with Crippen LogP contribution in [0.1, 0.15) is 85.8 Å². The van der Waals surface area contributed by atoms with E-state index in [1.807, 2.05) is 12.1 Å². The molecule has 6 heteroatoms. The maximum Gasteiger partial charge on any atom is 0.172 e. The lowest BCUT2D eigenvalue weighted by molar-refractivity contribution is -0.393. The zero-order valence-corrected chi connectivity index (χ0v) is 21.6. The lowest BCUT2D eigenvalue weighted by Gasteiger charge is -2.61. The number of benzene rings is 1. The van der Waals surface area contributed by atoms with Crippen LogP contribution in [0.4, 0.5) is 0 Å². The van der Waals surface area contributed by atoms with Crippen molar-refractivity contribution < 1.29 is 23.8 Å². The van der Waals surface area contributed by atoms with Gasteiger partial charge in [-0.3, -0.25) is 4.84 Å². The van der Waals surface area contributed by atoms with Crippen LogP contribution in [0, 0.1) is 5.41 Å². The highest BCUT2D eigenvalue weighted by atomic mass is 16.7. The Morgan fingerprint density at radius 3 is 2.15 bits per heavy atom. The molecule has 0 aromatic heterocycles. The second kappa shape index (κ2) is 9.12. The molecule has 2 unspecified atom stereocenters. The normalized spacial score (nSPS) is 28.4. The van der Waals surface area contributed by atoms with Crippen LogP contribution < -0.4 is 4.74 Å². The monoisotopic (exact) mass is 461 g/mol. The van der Waals surface area contributed by atoms with E-state index < -0.39 is 5.79 Å². The van der Waals surface area contributed by atoms with Crippen LogP contribution in [0.15, 0.2) is 24.3 Å². The Hall–Kier alpha value is -1.18.